The van der Waals surface area contributed by atoms with Crippen LogP contribution < -0.4 is 5.32 Å². The maximum atomic E-state index is 12.6. The summed E-state index contributed by atoms with van der Waals surface area (Å²) in [5, 5.41) is 2.86. The van der Waals surface area contributed by atoms with Crippen molar-refractivity contribution in [3.05, 3.63) is 48.4 Å². The second kappa shape index (κ2) is 6.64. The van der Waals surface area contributed by atoms with E-state index in [-0.39, 0.29) is 4.90 Å². The molecule has 0 unspecified atom stereocenters. The van der Waals surface area contributed by atoms with Crippen LogP contribution in [0.2, 0.25) is 0 Å². The standard InChI is InChI=1S/C14H18N4O2S/c1-3-18(11-12-6-8-16-9-7-12)21(19,20)13-4-5-14(15-2)17-10-13/h4-10H,3,11H2,1-2H3,(H,15,17). The molecule has 0 amide bonds. The minimum Gasteiger partial charge on any atom is -0.373 e. The van der Waals surface area contributed by atoms with Gasteiger partial charge >= 0.3 is 0 Å². The average molecular weight is 306 g/mol. The lowest BCUT2D eigenvalue weighted by Gasteiger charge is -2.20. The SMILES string of the molecule is CCN(Cc1ccncc1)S(=O)(=O)c1ccc(NC)nc1. The molecule has 2 rings (SSSR count). The van der Waals surface area contributed by atoms with E-state index in [0.29, 0.717) is 18.9 Å². The molecule has 2 heterocycles. The van der Waals surface area contributed by atoms with Crippen LogP contribution >= 0.6 is 0 Å². The summed E-state index contributed by atoms with van der Waals surface area (Å²) in [6, 6.07) is 6.82. The number of pyridine rings is 2. The number of hydrogen-bond donors (Lipinski definition) is 1. The first kappa shape index (κ1) is 15.4. The normalized spacial score (nSPS) is 11.6. The van der Waals surface area contributed by atoms with Crippen LogP contribution in [0.25, 0.3) is 0 Å². The summed E-state index contributed by atoms with van der Waals surface area (Å²) < 4.78 is 26.6. The summed E-state index contributed by atoms with van der Waals surface area (Å²) in [5.74, 6) is 0.631. The van der Waals surface area contributed by atoms with Crippen molar-refractivity contribution < 1.29 is 8.42 Å². The Balaban J connectivity index is 2.26. The number of aromatic nitrogens is 2. The van der Waals surface area contributed by atoms with Gasteiger partial charge in [-0.15, -0.1) is 0 Å². The van der Waals surface area contributed by atoms with Gasteiger partial charge in [0.25, 0.3) is 0 Å². The molecule has 6 nitrogen and oxygen atoms in total. The van der Waals surface area contributed by atoms with Crippen LogP contribution in [0.5, 0.6) is 0 Å². The van der Waals surface area contributed by atoms with Crippen molar-refractivity contribution in [2.24, 2.45) is 0 Å². The van der Waals surface area contributed by atoms with Gasteiger partial charge in [-0.3, -0.25) is 4.98 Å². The number of nitrogens with zero attached hydrogens (tertiary/aromatic N) is 3. The number of hydrogen-bond acceptors (Lipinski definition) is 5. The molecule has 21 heavy (non-hydrogen) atoms. The van der Waals surface area contributed by atoms with Crippen molar-refractivity contribution in [3.63, 3.8) is 0 Å². The van der Waals surface area contributed by atoms with Gasteiger partial charge in [0.15, 0.2) is 0 Å². The Bertz CT molecular complexity index is 672. The first-order valence-corrected chi connectivity index (χ1v) is 8.04. The largest absolute Gasteiger partial charge is 0.373 e. The van der Waals surface area contributed by atoms with Gasteiger partial charge in [0.05, 0.1) is 0 Å². The molecule has 0 atom stereocenters. The van der Waals surface area contributed by atoms with Crippen LogP contribution in [0.1, 0.15) is 12.5 Å². The third kappa shape index (κ3) is 3.56. The van der Waals surface area contributed by atoms with E-state index in [4.69, 9.17) is 0 Å². The molecular formula is C14H18N4O2S. The van der Waals surface area contributed by atoms with Gasteiger partial charge in [-0.25, -0.2) is 13.4 Å². The predicted molar refractivity (Wildman–Crippen MR) is 81.3 cm³/mol. The fraction of sp³-hybridized carbons (Fsp3) is 0.286. The lowest BCUT2D eigenvalue weighted by molar-refractivity contribution is 0.423. The van der Waals surface area contributed by atoms with E-state index in [9.17, 15) is 8.42 Å². The van der Waals surface area contributed by atoms with Gasteiger partial charge in [0.2, 0.25) is 10.0 Å². The summed E-state index contributed by atoms with van der Waals surface area (Å²) >= 11 is 0. The van der Waals surface area contributed by atoms with Crippen LogP contribution in [0, 0.1) is 0 Å². The first-order valence-electron chi connectivity index (χ1n) is 6.60. The highest BCUT2D eigenvalue weighted by Crippen LogP contribution is 2.18. The molecule has 0 aliphatic rings. The van der Waals surface area contributed by atoms with Crippen molar-refractivity contribution in [2.75, 3.05) is 18.9 Å². The zero-order valence-electron chi connectivity index (χ0n) is 12.0. The number of sulfonamides is 1. The van der Waals surface area contributed by atoms with Crippen molar-refractivity contribution in [2.45, 2.75) is 18.4 Å². The predicted octanol–water partition coefficient (Wildman–Crippen LogP) is 1.73. The van der Waals surface area contributed by atoms with E-state index in [1.165, 1.54) is 10.5 Å². The molecule has 0 fully saturated rings. The molecule has 2 aromatic heterocycles. The van der Waals surface area contributed by atoms with Crippen molar-refractivity contribution in [1.29, 1.82) is 0 Å². The van der Waals surface area contributed by atoms with Crippen LogP contribution in [-0.2, 0) is 16.6 Å². The quantitative estimate of drug-likeness (QED) is 0.879. The topological polar surface area (TPSA) is 75.2 Å². The summed E-state index contributed by atoms with van der Waals surface area (Å²) in [6.45, 7) is 2.52. The van der Waals surface area contributed by atoms with Gasteiger partial charge in [-0.2, -0.15) is 4.31 Å². The Kier molecular flexibility index (Phi) is 4.87. The van der Waals surface area contributed by atoms with Gasteiger partial charge in [-0.05, 0) is 29.8 Å². The second-order valence-electron chi connectivity index (χ2n) is 4.42. The zero-order chi connectivity index (χ0) is 15.3. The number of nitrogens with one attached hydrogen (secondary N) is 1. The van der Waals surface area contributed by atoms with Crippen LogP contribution in [0.3, 0.4) is 0 Å². The molecule has 0 aliphatic carbocycles. The summed E-state index contributed by atoms with van der Waals surface area (Å²) in [7, 11) is -1.82. The fourth-order valence-electron chi connectivity index (χ4n) is 1.89. The molecule has 0 bridgehead atoms. The lowest BCUT2D eigenvalue weighted by Crippen LogP contribution is -2.30. The number of rotatable bonds is 6. The Morgan fingerprint density at radius 1 is 1.19 bits per heavy atom. The monoisotopic (exact) mass is 306 g/mol. The van der Waals surface area contributed by atoms with Crippen LogP contribution in [0.15, 0.2) is 47.8 Å². The minimum atomic E-state index is -3.55. The third-order valence-electron chi connectivity index (χ3n) is 3.09. The Morgan fingerprint density at radius 2 is 1.90 bits per heavy atom. The molecule has 0 aliphatic heterocycles. The highest BCUT2D eigenvalue weighted by atomic mass is 32.2. The molecule has 7 heteroatoms. The zero-order valence-corrected chi connectivity index (χ0v) is 12.8. The third-order valence-corrected chi connectivity index (χ3v) is 5.00. The van der Waals surface area contributed by atoms with Gasteiger partial charge < -0.3 is 5.32 Å². The molecule has 0 saturated heterocycles. The highest BCUT2D eigenvalue weighted by Gasteiger charge is 2.23. The maximum absolute atomic E-state index is 12.6. The molecule has 0 radical (unpaired) electrons. The van der Waals surface area contributed by atoms with Crippen molar-refractivity contribution in [1.82, 2.24) is 14.3 Å². The molecular weight excluding hydrogens is 288 g/mol. The minimum absolute atomic E-state index is 0.192. The van der Waals surface area contributed by atoms with E-state index >= 15 is 0 Å². The first-order chi connectivity index (χ1) is 10.1. The van der Waals surface area contributed by atoms with Gasteiger partial charge in [0.1, 0.15) is 10.7 Å². The van der Waals surface area contributed by atoms with Crippen LogP contribution in [-0.4, -0.2) is 36.3 Å². The molecule has 1 N–H and O–H groups in total. The van der Waals surface area contributed by atoms with E-state index in [2.05, 4.69) is 15.3 Å². The van der Waals surface area contributed by atoms with Gasteiger partial charge in [-0.1, -0.05) is 6.92 Å². The maximum Gasteiger partial charge on any atom is 0.244 e. The molecule has 2 aromatic rings. The molecule has 0 aromatic carbocycles. The summed E-state index contributed by atoms with van der Waals surface area (Å²) in [5.41, 5.74) is 0.898. The Hall–Kier alpha value is -1.99. The lowest BCUT2D eigenvalue weighted by atomic mass is 10.3. The fourth-order valence-corrected chi connectivity index (χ4v) is 3.27. The Morgan fingerprint density at radius 3 is 2.43 bits per heavy atom. The van der Waals surface area contributed by atoms with Crippen molar-refractivity contribution in [3.8, 4) is 0 Å². The average Bonchev–Trinajstić information content (AvgIpc) is 2.53. The second-order valence-corrected chi connectivity index (χ2v) is 6.35. The van der Waals surface area contributed by atoms with E-state index < -0.39 is 10.0 Å². The molecule has 112 valence electrons. The highest BCUT2D eigenvalue weighted by molar-refractivity contribution is 7.89. The smallest absolute Gasteiger partial charge is 0.244 e. The Labute approximate surface area is 124 Å². The van der Waals surface area contributed by atoms with Gasteiger partial charge in [0, 0.05) is 38.7 Å². The summed E-state index contributed by atoms with van der Waals surface area (Å²) in [6.07, 6.45) is 4.68. The van der Waals surface area contributed by atoms with E-state index in [0.717, 1.165) is 5.56 Å². The van der Waals surface area contributed by atoms with E-state index in [1.807, 2.05) is 6.92 Å². The summed E-state index contributed by atoms with van der Waals surface area (Å²) in [4.78, 5) is 8.19. The van der Waals surface area contributed by atoms with Crippen LogP contribution in [0.4, 0.5) is 5.82 Å². The molecule has 0 spiro atoms. The van der Waals surface area contributed by atoms with E-state index in [1.54, 1.807) is 43.7 Å². The molecule has 0 saturated carbocycles. The number of anilines is 1. The van der Waals surface area contributed by atoms with Crippen molar-refractivity contribution >= 4 is 15.8 Å².